The van der Waals surface area contributed by atoms with Gasteiger partial charge in [0, 0.05) is 11.7 Å². The number of halogens is 1. The zero-order chi connectivity index (χ0) is 16.7. The first kappa shape index (κ1) is 20.8. The molecule has 1 aromatic rings. The van der Waals surface area contributed by atoms with Crippen LogP contribution in [0.3, 0.4) is 0 Å². The lowest BCUT2D eigenvalue weighted by Crippen LogP contribution is -2.45. The van der Waals surface area contributed by atoms with Crippen LogP contribution in [0.2, 0.25) is 0 Å². The Bertz CT molecular complexity index is 533. The molecule has 1 aliphatic heterocycles. The predicted octanol–water partition coefficient (Wildman–Crippen LogP) is 2.35. The van der Waals surface area contributed by atoms with Crippen LogP contribution in [0, 0.1) is 6.92 Å². The number of nitrogens with one attached hydrogen (secondary N) is 3. The van der Waals surface area contributed by atoms with Crippen LogP contribution >= 0.6 is 24.2 Å². The Kier molecular flexibility index (Phi) is 9.18. The number of hydrogen-bond acceptors (Lipinski definition) is 4. The normalized spacial score (nSPS) is 15.9. The van der Waals surface area contributed by atoms with Gasteiger partial charge in [-0.2, -0.15) is 0 Å². The molecule has 7 heteroatoms. The monoisotopic (exact) mass is 371 g/mol. The van der Waals surface area contributed by atoms with Crippen LogP contribution in [0.25, 0.3) is 0 Å². The molecule has 1 aromatic carbocycles. The Balaban J connectivity index is 0.00000288. The van der Waals surface area contributed by atoms with Gasteiger partial charge in [0.2, 0.25) is 11.8 Å². The molecule has 0 saturated carbocycles. The van der Waals surface area contributed by atoms with Crippen molar-refractivity contribution in [3.8, 4) is 0 Å². The average molecular weight is 372 g/mol. The summed E-state index contributed by atoms with van der Waals surface area (Å²) in [5.41, 5.74) is 1.94. The molecular weight excluding hydrogens is 346 g/mol. The van der Waals surface area contributed by atoms with E-state index in [9.17, 15) is 9.59 Å². The summed E-state index contributed by atoms with van der Waals surface area (Å²) in [5, 5.41) is 8.96. The van der Waals surface area contributed by atoms with Gasteiger partial charge in [-0.05, 0) is 51.9 Å². The van der Waals surface area contributed by atoms with Crippen molar-refractivity contribution in [3.05, 3.63) is 29.8 Å². The first-order valence-corrected chi connectivity index (χ1v) is 9.08. The molecule has 24 heavy (non-hydrogen) atoms. The number of benzene rings is 1. The second-order valence-electron chi connectivity index (χ2n) is 5.90. The van der Waals surface area contributed by atoms with Gasteiger partial charge in [-0.15, -0.1) is 24.2 Å². The highest BCUT2D eigenvalue weighted by Gasteiger charge is 2.20. The fraction of sp³-hybridized carbons (Fsp3) is 0.529. The van der Waals surface area contributed by atoms with Gasteiger partial charge in [0.25, 0.3) is 0 Å². The third-order valence-corrected chi connectivity index (χ3v) is 5.00. The molecule has 134 valence electrons. The molecule has 2 amide bonds. The third kappa shape index (κ3) is 7.11. The van der Waals surface area contributed by atoms with Gasteiger partial charge in [-0.3, -0.25) is 9.59 Å². The van der Waals surface area contributed by atoms with E-state index in [2.05, 4.69) is 16.0 Å². The maximum Gasteiger partial charge on any atom is 0.234 e. The summed E-state index contributed by atoms with van der Waals surface area (Å²) in [5.74, 6) is 0.208. The summed E-state index contributed by atoms with van der Waals surface area (Å²) in [7, 11) is 0. The molecule has 1 atom stereocenters. The lowest BCUT2D eigenvalue weighted by Gasteiger charge is -2.25. The highest BCUT2D eigenvalue weighted by molar-refractivity contribution is 8.01. The minimum atomic E-state index is -0.228. The maximum atomic E-state index is 12.1. The number of carbonyl (C=O) groups is 2. The fourth-order valence-electron chi connectivity index (χ4n) is 2.40. The number of thioether (sulfide) groups is 1. The van der Waals surface area contributed by atoms with Crippen LogP contribution < -0.4 is 16.0 Å². The summed E-state index contributed by atoms with van der Waals surface area (Å²) in [4.78, 5) is 24.1. The topological polar surface area (TPSA) is 70.2 Å². The molecule has 1 heterocycles. The molecule has 1 unspecified atom stereocenters. The fourth-order valence-corrected chi connectivity index (χ4v) is 3.09. The largest absolute Gasteiger partial charge is 0.352 e. The zero-order valence-corrected chi connectivity index (χ0v) is 15.8. The number of aryl methyl sites for hydroxylation is 1. The summed E-state index contributed by atoms with van der Waals surface area (Å²) < 4.78 is 0. The van der Waals surface area contributed by atoms with E-state index >= 15 is 0 Å². The molecule has 0 bridgehead atoms. The van der Waals surface area contributed by atoms with Crippen LogP contribution in [0.5, 0.6) is 0 Å². The molecule has 1 fully saturated rings. The van der Waals surface area contributed by atoms with E-state index in [4.69, 9.17) is 0 Å². The van der Waals surface area contributed by atoms with Crippen molar-refractivity contribution in [1.82, 2.24) is 10.6 Å². The van der Waals surface area contributed by atoms with Crippen LogP contribution in [0.4, 0.5) is 5.69 Å². The number of anilines is 1. The Hall–Kier alpha value is -1.24. The van der Waals surface area contributed by atoms with Crippen molar-refractivity contribution in [2.24, 2.45) is 0 Å². The number of amides is 2. The predicted molar refractivity (Wildman–Crippen MR) is 103 cm³/mol. The quantitative estimate of drug-likeness (QED) is 0.717. The van der Waals surface area contributed by atoms with Gasteiger partial charge in [0.15, 0.2) is 0 Å². The van der Waals surface area contributed by atoms with E-state index in [0.29, 0.717) is 0 Å². The Labute approximate surface area is 154 Å². The first-order chi connectivity index (χ1) is 11.0. The number of piperidine rings is 1. The van der Waals surface area contributed by atoms with Crippen molar-refractivity contribution < 1.29 is 9.59 Å². The van der Waals surface area contributed by atoms with Gasteiger partial charge in [0.1, 0.15) is 0 Å². The van der Waals surface area contributed by atoms with Crippen LogP contribution in [0.1, 0.15) is 25.3 Å². The SMILES string of the molecule is Cc1ccc(NC(=O)CSC(C)C(=O)NC2CCNCC2)cc1.Cl. The van der Waals surface area contributed by atoms with Crippen LogP contribution in [0.15, 0.2) is 24.3 Å². The second kappa shape index (κ2) is 10.6. The number of carbonyl (C=O) groups excluding carboxylic acids is 2. The lowest BCUT2D eigenvalue weighted by atomic mass is 10.1. The van der Waals surface area contributed by atoms with Gasteiger partial charge in [-0.25, -0.2) is 0 Å². The van der Waals surface area contributed by atoms with Crippen molar-refractivity contribution >= 4 is 41.7 Å². The standard InChI is InChI=1S/C17H25N3O2S.ClH/c1-12-3-5-14(6-4-12)19-16(21)11-23-13(2)17(22)20-15-7-9-18-10-8-15;/h3-6,13,15,18H,7-11H2,1-2H3,(H,19,21)(H,20,22);1H. The van der Waals surface area contributed by atoms with Crippen molar-refractivity contribution in [2.45, 2.75) is 38.0 Å². The lowest BCUT2D eigenvalue weighted by molar-refractivity contribution is -0.121. The van der Waals surface area contributed by atoms with Gasteiger partial charge in [-0.1, -0.05) is 17.7 Å². The van der Waals surface area contributed by atoms with Gasteiger partial charge < -0.3 is 16.0 Å². The summed E-state index contributed by atoms with van der Waals surface area (Å²) in [6.45, 7) is 5.75. The highest BCUT2D eigenvalue weighted by Crippen LogP contribution is 2.14. The smallest absolute Gasteiger partial charge is 0.234 e. The molecule has 0 aromatic heterocycles. The van der Waals surface area contributed by atoms with E-state index < -0.39 is 0 Å². The number of hydrogen-bond donors (Lipinski definition) is 3. The molecule has 0 radical (unpaired) electrons. The van der Waals surface area contributed by atoms with Gasteiger partial charge >= 0.3 is 0 Å². The third-order valence-electron chi connectivity index (χ3n) is 3.85. The maximum absolute atomic E-state index is 12.1. The molecule has 0 aliphatic carbocycles. The molecule has 0 spiro atoms. The Morgan fingerprint density at radius 1 is 1.25 bits per heavy atom. The molecule has 1 aliphatic rings. The van der Waals surface area contributed by atoms with Crippen LogP contribution in [-0.4, -0.2) is 41.9 Å². The molecular formula is C17H26ClN3O2S. The van der Waals surface area contributed by atoms with Crippen LogP contribution in [-0.2, 0) is 9.59 Å². The van der Waals surface area contributed by atoms with E-state index in [1.165, 1.54) is 11.8 Å². The Morgan fingerprint density at radius 3 is 2.50 bits per heavy atom. The highest BCUT2D eigenvalue weighted by atomic mass is 35.5. The van der Waals surface area contributed by atoms with Crippen molar-refractivity contribution in [1.29, 1.82) is 0 Å². The minimum absolute atomic E-state index is 0. The summed E-state index contributed by atoms with van der Waals surface area (Å²) in [6, 6.07) is 7.93. The molecule has 3 N–H and O–H groups in total. The minimum Gasteiger partial charge on any atom is -0.352 e. The van der Waals surface area contributed by atoms with Gasteiger partial charge in [0.05, 0.1) is 11.0 Å². The summed E-state index contributed by atoms with van der Waals surface area (Å²) in [6.07, 6.45) is 1.94. The molecule has 2 rings (SSSR count). The Morgan fingerprint density at radius 2 is 1.88 bits per heavy atom. The summed E-state index contributed by atoms with van der Waals surface area (Å²) >= 11 is 1.36. The van der Waals surface area contributed by atoms with E-state index in [0.717, 1.165) is 37.2 Å². The molecule has 1 saturated heterocycles. The van der Waals surface area contributed by atoms with E-state index in [1.807, 2.05) is 38.1 Å². The zero-order valence-electron chi connectivity index (χ0n) is 14.1. The van der Waals surface area contributed by atoms with E-state index in [1.54, 1.807) is 0 Å². The van der Waals surface area contributed by atoms with E-state index in [-0.39, 0.29) is 41.3 Å². The van der Waals surface area contributed by atoms with Crippen molar-refractivity contribution in [2.75, 3.05) is 24.2 Å². The molecule has 5 nitrogen and oxygen atoms in total. The van der Waals surface area contributed by atoms with Crippen molar-refractivity contribution in [3.63, 3.8) is 0 Å². The second-order valence-corrected chi connectivity index (χ2v) is 7.23. The number of rotatable bonds is 6. The first-order valence-electron chi connectivity index (χ1n) is 8.04. The average Bonchev–Trinajstić information content (AvgIpc) is 2.55.